The van der Waals surface area contributed by atoms with Crippen molar-refractivity contribution in [3.05, 3.63) is 54.2 Å². The molecule has 1 heterocycles. The van der Waals surface area contributed by atoms with Crippen LogP contribution in [-0.4, -0.2) is 4.98 Å². The van der Waals surface area contributed by atoms with Crippen LogP contribution in [0.25, 0.3) is 0 Å². The summed E-state index contributed by atoms with van der Waals surface area (Å²) in [6.45, 7) is 4.39. The zero-order valence-electron chi connectivity index (χ0n) is 9.05. The lowest BCUT2D eigenvalue weighted by molar-refractivity contribution is 0.429. The summed E-state index contributed by atoms with van der Waals surface area (Å²) < 4.78 is 5.40. The summed E-state index contributed by atoms with van der Waals surface area (Å²) in [4.78, 5) is 3.98. The van der Waals surface area contributed by atoms with E-state index in [4.69, 9.17) is 4.42 Å². The molecular formula is C13H15NO. The van der Waals surface area contributed by atoms with E-state index in [9.17, 15) is 0 Å². The maximum absolute atomic E-state index is 5.40. The van der Waals surface area contributed by atoms with Crippen molar-refractivity contribution in [1.29, 1.82) is 0 Å². The highest BCUT2D eigenvalue weighted by atomic mass is 16.3. The monoisotopic (exact) mass is 201 g/mol. The first-order valence-corrected chi connectivity index (χ1v) is 5.22. The molecule has 2 nitrogen and oxygen atoms in total. The fourth-order valence-corrected chi connectivity index (χ4v) is 1.92. The molecule has 0 radical (unpaired) electrons. The van der Waals surface area contributed by atoms with Gasteiger partial charge < -0.3 is 4.42 Å². The van der Waals surface area contributed by atoms with Crippen LogP contribution in [0.4, 0.5) is 0 Å². The van der Waals surface area contributed by atoms with Crippen LogP contribution in [0.5, 0.6) is 0 Å². The van der Waals surface area contributed by atoms with Gasteiger partial charge >= 0.3 is 0 Å². The number of benzene rings is 1. The van der Waals surface area contributed by atoms with Gasteiger partial charge in [0, 0.05) is 5.92 Å². The maximum Gasteiger partial charge on any atom is 0.180 e. The normalized spacial score (nSPS) is 13.0. The third kappa shape index (κ3) is 2.09. The average Bonchev–Trinajstić information content (AvgIpc) is 2.72. The van der Waals surface area contributed by atoms with Crippen LogP contribution < -0.4 is 0 Å². The molecular weight excluding hydrogens is 186 g/mol. The highest BCUT2D eigenvalue weighted by Crippen LogP contribution is 2.31. The van der Waals surface area contributed by atoms with Crippen molar-refractivity contribution in [2.75, 3.05) is 0 Å². The van der Waals surface area contributed by atoms with E-state index >= 15 is 0 Å². The lowest BCUT2D eigenvalue weighted by Crippen LogP contribution is -2.07. The molecule has 0 aliphatic carbocycles. The highest BCUT2D eigenvalue weighted by molar-refractivity contribution is 5.26. The Morgan fingerprint density at radius 1 is 1.13 bits per heavy atom. The van der Waals surface area contributed by atoms with Gasteiger partial charge in [0.1, 0.15) is 5.76 Å². The van der Waals surface area contributed by atoms with Gasteiger partial charge in [0.25, 0.3) is 0 Å². The van der Waals surface area contributed by atoms with E-state index in [1.165, 1.54) is 12.0 Å². The lowest BCUT2D eigenvalue weighted by atomic mass is 9.87. The van der Waals surface area contributed by atoms with Crippen molar-refractivity contribution in [2.45, 2.75) is 19.8 Å². The standard InChI is InChI=1S/C13H15NO/c1-10(2)13(12-8-14-9-15-12)11-6-4-3-5-7-11/h3-10,13H,1-2H3. The zero-order valence-corrected chi connectivity index (χ0v) is 9.05. The Morgan fingerprint density at radius 2 is 1.87 bits per heavy atom. The Morgan fingerprint density at radius 3 is 2.40 bits per heavy atom. The van der Waals surface area contributed by atoms with Crippen molar-refractivity contribution in [1.82, 2.24) is 4.98 Å². The summed E-state index contributed by atoms with van der Waals surface area (Å²) in [7, 11) is 0. The highest BCUT2D eigenvalue weighted by Gasteiger charge is 2.20. The Balaban J connectivity index is 2.37. The topological polar surface area (TPSA) is 26.0 Å². The molecule has 0 fully saturated rings. The maximum atomic E-state index is 5.40. The van der Waals surface area contributed by atoms with Gasteiger partial charge in [-0.05, 0) is 11.5 Å². The van der Waals surface area contributed by atoms with Gasteiger partial charge in [-0.25, -0.2) is 4.98 Å². The van der Waals surface area contributed by atoms with Crippen LogP contribution in [-0.2, 0) is 0 Å². The number of nitrogens with zero attached hydrogens (tertiary/aromatic N) is 1. The molecule has 78 valence electrons. The fraction of sp³-hybridized carbons (Fsp3) is 0.308. The molecule has 2 rings (SSSR count). The van der Waals surface area contributed by atoms with Gasteiger partial charge in [0.15, 0.2) is 6.39 Å². The minimum absolute atomic E-state index is 0.300. The Hall–Kier alpha value is -1.57. The van der Waals surface area contributed by atoms with Gasteiger partial charge in [0.2, 0.25) is 0 Å². The molecule has 1 atom stereocenters. The van der Waals surface area contributed by atoms with Crippen molar-refractivity contribution in [3.8, 4) is 0 Å². The minimum atomic E-state index is 0.300. The molecule has 0 amide bonds. The smallest absolute Gasteiger partial charge is 0.180 e. The van der Waals surface area contributed by atoms with Crippen LogP contribution in [0.1, 0.15) is 31.1 Å². The Bertz CT molecular complexity index is 392. The van der Waals surface area contributed by atoms with Gasteiger partial charge in [-0.3, -0.25) is 0 Å². The van der Waals surface area contributed by atoms with Crippen molar-refractivity contribution >= 4 is 0 Å². The molecule has 2 heteroatoms. The number of oxazole rings is 1. The molecule has 0 aliphatic rings. The summed E-state index contributed by atoms with van der Waals surface area (Å²) in [5, 5.41) is 0. The van der Waals surface area contributed by atoms with E-state index in [1.54, 1.807) is 6.20 Å². The van der Waals surface area contributed by atoms with Gasteiger partial charge in [-0.2, -0.15) is 0 Å². The van der Waals surface area contributed by atoms with Gasteiger partial charge in [0.05, 0.1) is 6.20 Å². The first kappa shape index (κ1) is 9.97. The third-order valence-electron chi connectivity index (χ3n) is 2.58. The van der Waals surface area contributed by atoms with Crippen molar-refractivity contribution in [3.63, 3.8) is 0 Å². The molecule has 0 spiro atoms. The Labute approximate surface area is 90.0 Å². The molecule has 0 bridgehead atoms. The minimum Gasteiger partial charge on any atom is -0.448 e. The quantitative estimate of drug-likeness (QED) is 0.760. The van der Waals surface area contributed by atoms with Crippen LogP contribution in [0.2, 0.25) is 0 Å². The summed E-state index contributed by atoms with van der Waals surface area (Å²) in [6.07, 6.45) is 3.30. The summed E-state index contributed by atoms with van der Waals surface area (Å²) in [5.74, 6) is 1.74. The number of hydrogen-bond acceptors (Lipinski definition) is 2. The van der Waals surface area contributed by atoms with Gasteiger partial charge in [-0.15, -0.1) is 0 Å². The van der Waals surface area contributed by atoms with Crippen molar-refractivity contribution < 1.29 is 4.42 Å². The molecule has 0 saturated carbocycles. The predicted octanol–water partition coefficient (Wildman–Crippen LogP) is 3.46. The molecule has 0 aliphatic heterocycles. The number of hydrogen-bond donors (Lipinski definition) is 0. The summed E-state index contributed by atoms with van der Waals surface area (Å²) in [5.41, 5.74) is 1.28. The zero-order chi connectivity index (χ0) is 10.7. The molecule has 2 aromatic rings. The van der Waals surface area contributed by atoms with E-state index in [0.29, 0.717) is 11.8 Å². The molecule has 0 N–H and O–H groups in total. The largest absolute Gasteiger partial charge is 0.448 e. The number of rotatable bonds is 3. The van der Waals surface area contributed by atoms with E-state index in [2.05, 4.69) is 43.1 Å². The van der Waals surface area contributed by atoms with Crippen LogP contribution in [0, 0.1) is 5.92 Å². The van der Waals surface area contributed by atoms with E-state index in [1.807, 2.05) is 6.07 Å². The first-order chi connectivity index (χ1) is 7.29. The number of aromatic nitrogens is 1. The molecule has 1 aromatic heterocycles. The second-order valence-corrected chi connectivity index (χ2v) is 4.04. The van der Waals surface area contributed by atoms with E-state index in [-0.39, 0.29) is 0 Å². The SMILES string of the molecule is CC(C)C(c1ccccc1)c1cnco1. The second kappa shape index (κ2) is 4.30. The summed E-state index contributed by atoms with van der Waals surface area (Å²) >= 11 is 0. The van der Waals surface area contributed by atoms with Crippen LogP contribution in [0.3, 0.4) is 0 Å². The molecule has 1 aromatic carbocycles. The van der Waals surface area contributed by atoms with Crippen molar-refractivity contribution in [2.24, 2.45) is 5.92 Å². The second-order valence-electron chi connectivity index (χ2n) is 4.04. The average molecular weight is 201 g/mol. The van der Waals surface area contributed by atoms with E-state index < -0.39 is 0 Å². The lowest BCUT2D eigenvalue weighted by Gasteiger charge is -2.18. The summed E-state index contributed by atoms with van der Waals surface area (Å²) in [6, 6.07) is 10.4. The van der Waals surface area contributed by atoms with Gasteiger partial charge in [-0.1, -0.05) is 44.2 Å². The molecule has 0 saturated heterocycles. The fourth-order valence-electron chi connectivity index (χ4n) is 1.92. The molecule has 1 unspecified atom stereocenters. The van der Waals surface area contributed by atoms with Crippen LogP contribution >= 0.6 is 0 Å². The van der Waals surface area contributed by atoms with Crippen LogP contribution in [0.15, 0.2) is 47.3 Å². The first-order valence-electron chi connectivity index (χ1n) is 5.22. The predicted molar refractivity (Wildman–Crippen MR) is 59.6 cm³/mol. The Kier molecular flexibility index (Phi) is 2.86. The third-order valence-corrected chi connectivity index (χ3v) is 2.58. The van der Waals surface area contributed by atoms with E-state index in [0.717, 1.165) is 5.76 Å². The molecule has 15 heavy (non-hydrogen) atoms.